The van der Waals surface area contributed by atoms with Crippen molar-refractivity contribution in [3.05, 3.63) is 0 Å². The molecule has 0 fully saturated rings. The van der Waals surface area contributed by atoms with Crippen LogP contribution in [0.15, 0.2) is 0 Å². The molecule has 0 aliphatic heterocycles. The molecule has 0 heterocycles. The summed E-state index contributed by atoms with van der Waals surface area (Å²) < 4.78 is 0. The van der Waals surface area contributed by atoms with Gasteiger partial charge in [0.25, 0.3) is 0 Å². The first kappa shape index (κ1) is 46.5. The van der Waals surface area contributed by atoms with Gasteiger partial charge in [0.05, 0.1) is 0 Å². The van der Waals surface area contributed by atoms with Crippen LogP contribution in [0, 0.1) is 0 Å². The summed E-state index contributed by atoms with van der Waals surface area (Å²) in [5.41, 5.74) is 0. The Morgan fingerprint density at radius 1 is 0.400 bits per heavy atom. The first-order valence-corrected chi connectivity index (χ1v) is 0. The molecule has 5 heavy (non-hydrogen) atoms. The maximum absolute atomic E-state index is 0. The summed E-state index contributed by atoms with van der Waals surface area (Å²) in [6.07, 6.45) is 0. The molecule has 0 aliphatic carbocycles. The van der Waals surface area contributed by atoms with Crippen LogP contribution >= 0.6 is 0 Å². The summed E-state index contributed by atoms with van der Waals surface area (Å²) >= 11 is 0. The standard InChI is InChI=1S/3Co.2Ru. The Bertz CT molecular complexity index is 4.85. The zero-order chi connectivity index (χ0) is 0. The Hall–Kier alpha value is 2.77. The second kappa shape index (κ2) is 29.4. The van der Waals surface area contributed by atoms with Gasteiger partial charge in [0.2, 0.25) is 0 Å². The average Bonchev–Trinajstić information content (AvgIpc) is 0. The minimum absolute atomic E-state index is 0. The van der Waals surface area contributed by atoms with Crippen LogP contribution < -0.4 is 0 Å². The number of hydrogen-bond donors (Lipinski definition) is 0. The van der Waals surface area contributed by atoms with Crippen LogP contribution in [0.1, 0.15) is 0 Å². The third-order valence-corrected chi connectivity index (χ3v) is 0. The van der Waals surface area contributed by atoms with Gasteiger partial charge in [-0.15, -0.1) is 0 Å². The molecule has 0 amide bonds. The third kappa shape index (κ3) is 20.1. The molecular weight excluding hydrogens is 379 g/mol. The van der Waals surface area contributed by atoms with E-state index in [0.29, 0.717) is 0 Å². The Kier molecular flexibility index (Phi) is 273. The maximum atomic E-state index is 0. The summed E-state index contributed by atoms with van der Waals surface area (Å²) in [5, 5.41) is 0. The van der Waals surface area contributed by atoms with E-state index in [2.05, 4.69) is 0 Å². The predicted molar refractivity (Wildman–Crippen MR) is 0 cm³/mol. The Morgan fingerprint density at radius 2 is 0.400 bits per heavy atom. The summed E-state index contributed by atoms with van der Waals surface area (Å²) in [5.74, 6) is 0. The smallest absolute Gasteiger partial charge is 0 e. The zero-order valence-electron chi connectivity index (χ0n) is 1.71. The predicted octanol–water partition coefficient (Wildman–Crippen LogP) is -0.0125. The Labute approximate surface area is 88.1 Å². The molecule has 0 saturated carbocycles. The summed E-state index contributed by atoms with van der Waals surface area (Å²) in [7, 11) is 0. The molecule has 0 saturated heterocycles. The van der Waals surface area contributed by atoms with Crippen molar-refractivity contribution < 1.29 is 89.3 Å². The first-order chi connectivity index (χ1) is 0. The zero-order valence-corrected chi connectivity index (χ0v) is 8.31. The van der Waals surface area contributed by atoms with E-state index in [1.54, 1.807) is 0 Å². The fraction of sp³-hybridized carbons (Fsp3) is 0. The molecule has 0 bridgehead atoms. The van der Waals surface area contributed by atoms with E-state index < -0.39 is 0 Å². The normalized spacial score (nSPS) is 0. The molecule has 0 spiro atoms. The van der Waals surface area contributed by atoms with Gasteiger partial charge in [0, 0.05) is 89.3 Å². The molecule has 0 N–H and O–H groups in total. The van der Waals surface area contributed by atoms with Crippen LogP contribution in [0.3, 0.4) is 0 Å². The van der Waals surface area contributed by atoms with Crippen LogP contribution in [0.5, 0.6) is 0 Å². The minimum atomic E-state index is 0. The molecule has 43 valence electrons. The third-order valence-electron chi connectivity index (χ3n) is 0. The van der Waals surface area contributed by atoms with Crippen molar-refractivity contribution in [3.8, 4) is 0 Å². The van der Waals surface area contributed by atoms with Gasteiger partial charge in [0.15, 0.2) is 0 Å². The fourth-order valence-electron chi connectivity index (χ4n) is 0. The molecule has 0 aliphatic rings. The van der Waals surface area contributed by atoms with Gasteiger partial charge in [-0.25, -0.2) is 0 Å². The molecule has 0 aromatic heterocycles. The van der Waals surface area contributed by atoms with Crippen molar-refractivity contribution in [2.75, 3.05) is 0 Å². The molecule has 0 unspecified atom stereocenters. The van der Waals surface area contributed by atoms with Crippen molar-refractivity contribution >= 4 is 0 Å². The van der Waals surface area contributed by atoms with E-state index >= 15 is 0 Å². The van der Waals surface area contributed by atoms with E-state index in [0.717, 1.165) is 0 Å². The molecule has 0 atom stereocenters. The van der Waals surface area contributed by atoms with E-state index in [1.165, 1.54) is 0 Å². The maximum Gasteiger partial charge on any atom is 0 e. The van der Waals surface area contributed by atoms with Crippen LogP contribution in [0.2, 0.25) is 0 Å². The molecule has 0 rings (SSSR count). The molecule has 0 aromatic rings. The SMILES string of the molecule is [Co].[Co].[Co].[Ru].[Ru]. The van der Waals surface area contributed by atoms with E-state index in [-0.39, 0.29) is 89.3 Å². The number of hydrogen-bond acceptors (Lipinski definition) is 0. The summed E-state index contributed by atoms with van der Waals surface area (Å²) in [6.45, 7) is 0. The van der Waals surface area contributed by atoms with Crippen LogP contribution in [0.4, 0.5) is 0 Å². The van der Waals surface area contributed by atoms with Gasteiger partial charge in [0.1, 0.15) is 0 Å². The number of rotatable bonds is 0. The van der Waals surface area contributed by atoms with Crippen molar-refractivity contribution in [1.82, 2.24) is 0 Å². The van der Waals surface area contributed by atoms with Gasteiger partial charge < -0.3 is 0 Å². The average molecular weight is 379 g/mol. The van der Waals surface area contributed by atoms with Gasteiger partial charge in [-0.1, -0.05) is 0 Å². The van der Waals surface area contributed by atoms with Crippen molar-refractivity contribution in [3.63, 3.8) is 0 Å². The van der Waals surface area contributed by atoms with Gasteiger partial charge in [-0.2, -0.15) is 0 Å². The summed E-state index contributed by atoms with van der Waals surface area (Å²) in [6, 6.07) is 0. The second-order valence-electron chi connectivity index (χ2n) is 0. The second-order valence-corrected chi connectivity index (χ2v) is 0. The largest absolute Gasteiger partial charge is 0 e. The van der Waals surface area contributed by atoms with Gasteiger partial charge >= 0.3 is 0 Å². The van der Waals surface area contributed by atoms with Crippen LogP contribution in [0.25, 0.3) is 0 Å². The van der Waals surface area contributed by atoms with E-state index in [9.17, 15) is 0 Å². The quantitative estimate of drug-likeness (QED) is 0.520. The molecular formula is Co3Ru2. The Morgan fingerprint density at radius 3 is 0.400 bits per heavy atom. The monoisotopic (exact) mass is 381 g/mol. The molecule has 0 nitrogen and oxygen atoms in total. The molecule has 3 radical (unpaired) electrons. The van der Waals surface area contributed by atoms with Crippen molar-refractivity contribution in [1.29, 1.82) is 0 Å². The Balaban J connectivity index is 0. The van der Waals surface area contributed by atoms with E-state index in [1.807, 2.05) is 0 Å². The van der Waals surface area contributed by atoms with Crippen LogP contribution in [-0.2, 0) is 89.3 Å². The van der Waals surface area contributed by atoms with Crippen molar-refractivity contribution in [2.24, 2.45) is 0 Å². The van der Waals surface area contributed by atoms with E-state index in [4.69, 9.17) is 0 Å². The van der Waals surface area contributed by atoms with Crippen LogP contribution in [-0.4, -0.2) is 0 Å². The summed E-state index contributed by atoms with van der Waals surface area (Å²) in [4.78, 5) is 0. The molecule has 5 heteroatoms. The van der Waals surface area contributed by atoms with Gasteiger partial charge in [-0.3, -0.25) is 0 Å². The van der Waals surface area contributed by atoms with Gasteiger partial charge in [-0.05, 0) is 0 Å². The minimum Gasteiger partial charge on any atom is 0 e. The molecule has 0 aromatic carbocycles. The topological polar surface area (TPSA) is 0 Å². The first-order valence-electron chi connectivity index (χ1n) is 0. The fourth-order valence-corrected chi connectivity index (χ4v) is 0. The van der Waals surface area contributed by atoms with Crippen molar-refractivity contribution in [2.45, 2.75) is 0 Å².